The fraction of sp³-hybridized carbons (Fsp3) is 0. The lowest BCUT2D eigenvalue weighted by molar-refractivity contribution is 0.319. The standard InChI is InChI=1S/C16H10BrF2N3O2/c17-10-1-4-15(23)12(5-10)16(21-24)9-7-20-22(8-9)11-2-3-13(18)14(19)6-11/h1-8,23-24H/b21-16-. The monoisotopic (exact) mass is 393 g/mol. The number of rotatable bonds is 3. The van der Waals surface area contributed by atoms with Crippen LogP contribution in [0.25, 0.3) is 5.69 Å². The number of hydrogen-bond acceptors (Lipinski definition) is 4. The van der Waals surface area contributed by atoms with Gasteiger partial charge in [0, 0.05) is 27.9 Å². The van der Waals surface area contributed by atoms with E-state index >= 15 is 0 Å². The summed E-state index contributed by atoms with van der Waals surface area (Å²) in [7, 11) is 0. The van der Waals surface area contributed by atoms with Crippen LogP contribution >= 0.6 is 15.9 Å². The van der Waals surface area contributed by atoms with E-state index in [0.29, 0.717) is 15.7 Å². The molecule has 0 aliphatic heterocycles. The molecule has 0 saturated heterocycles. The number of oxime groups is 1. The molecule has 1 heterocycles. The van der Waals surface area contributed by atoms with Gasteiger partial charge in [0.25, 0.3) is 0 Å². The molecule has 3 rings (SSSR count). The first-order valence-corrected chi connectivity index (χ1v) is 7.50. The zero-order valence-corrected chi connectivity index (χ0v) is 13.6. The summed E-state index contributed by atoms with van der Waals surface area (Å²) in [5.74, 6) is -2.03. The number of benzene rings is 2. The second-order valence-electron chi connectivity index (χ2n) is 4.88. The Labute approximate surface area is 143 Å². The second-order valence-corrected chi connectivity index (χ2v) is 5.80. The Morgan fingerprint density at radius 3 is 2.62 bits per heavy atom. The van der Waals surface area contributed by atoms with Gasteiger partial charge in [-0.15, -0.1) is 0 Å². The van der Waals surface area contributed by atoms with Crippen molar-refractivity contribution in [2.45, 2.75) is 0 Å². The summed E-state index contributed by atoms with van der Waals surface area (Å²) in [5, 5.41) is 26.5. The van der Waals surface area contributed by atoms with E-state index in [4.69, 9.17) is 0 Å². The molecule has 2 N–H and O–H groups in total. The molecule has 122 valence electrons. The first-order chi connectivity index (χ1) is 11.5. The summed E-state index contributed by atoms with van der Waals surface area (Å²) < 4.78 is 28.3. The molecule has 24 heavy (non-hydrogen) atoms. The van der Waals surface area contributed by atoms with Crippen LogP contribution in [0.2, 0.25) is 0 Å². The lowest BCUT2D eigenvalue weighted by atomic mass is 10.0. The minimum atomic E-state index is -0.995. The summed E-state index contributed by atoms with van der Waals surface area (Å²) in [4.78, 5) is 0. The molecule has 0 aliphatic carbocycles. The summed E-state index contributed by atoms with van der Waals surface area (Å²) in [5.41, 5.74) is 1.06. The molecular formula is C16H10BrF2N3O2. The van der Waals surface area contributed by atoms with Crippen molar-refractivity contribution in [3.63, 3.8) is 0 Å². The average Bonchev–Trinajstić information content (AvgIpc) is 3.04. The van der Waals surface area contributed by atoms with Gasteiger partial charge in [0.05, 0.1) is 11.9 Å². The summed E-state index contributed by atoms with van der Waals surface area (Å²) >= 11 is 3.28. The molecular weight excluding hydrogens is 384 g/mol. The van der Waals surface area contributed by atoms with Crippen molar-refractivity contribution in [2.24, 2.45) is 5.16 Å². The van der Waals surface area contributed by atoms with Gasteiger partial charge in [-0.2, -0.15) is 5.10 Å². The van der Waals surface area contributed by atoms with Gasteiger partial charge in [-0.3, -0.25) is 0 Å². The topological polar surface area (TPSA) is 70.6 Å². The SMILES string of the molecule is O/N=C(/c1cnn(-c2ccc(F)c(F)c2)c1)c1cc(Br)ccc1O. The van der Waals surface area contributed by atoms with E-state index in [1.165, 1.54) is 29.2 Å². The van der Waals surface area contributed by atoms with Gasteiger partial charge in [-0.25, -0.2) is 13.5 Å². The Morgan fingerprint density at radius 1 is 1.12 bits per heavy atom. The number of phenols is 1. The van der Waals surface area contributed by atoms with E-state index in [1.54, 1.807) is 12.1 Å². The average molecular weight is 394 g/mol. The third kappa shape index (κ3) is 3.00. The van der Waals surface area contributed by atoms with Crippen LogP contribution in [0.15, 0.2) is 58.4 Å². The van der Waals surface area contributed by atoms with Crippen molar-refractivity contribution in [3.8, 4) is 11.4 Å². The zero-order chi connectivity index (χ0) is 17.3. The number of hydrogen-bond donors (Lipinski definition) is 2. The van der Waals surface area contributed by atoms with Gasteiger partial charge in [0.2, 0.25) is 0 Å². The van der Waals surface area contributed by atoms with Gasteiger partial charge >= 0.3 is 0 Å². The molecule has 0 fully saturated rings. The molecule has 0 saturated carbocycles. The van der Waals surface area contributed by atoms with Crippen molar-refractivity contribution < 1.29 is 19.1 Å². The van der Waals surface area contributed by atoms with Crippen molar-refractivity contribution in [1.29, 1.82) is 0 Å². The Bertz CT molecular complexity index is 941. The van der Waals surface area contributed by atoms with E-state index in [2.05, 4.69) is 26.2 Å². The Kier molecular flexibility index (Phi) is 4.30. The molecule has 5 nitrogen and oxygen atoms in total. The van der Waals surface area contributed by atoms with Gasteiger partial charge in [-0.05, 0) is 30.3 Å². The van der Waals surface area contributed by atoms with Gasteiger partial charge < -0.3 is 10.3 Å². The predicted molar refractivity (Wildman–Crippen MR) is 86.7 cm³/mol. The van der Waals surface area contributed by atoms with Crippen molar-refractivity contribution in [2.75, 3.05) is 0 Å². The third-order valence-electron chi connectivity index (χ3n) is 3.34. The summed E-state index contributed by atoms with van der Waals surface area (Å²) in [6, 6.07) is 8.02. The number of aromatic hydroxyl groups is 1. The fourth-order valence-electron chi connectivity index (χ4n) is 2.18. The van der Waals surface area contributed by atoms with Crippen molar-refractivity contribution in [1.82, 2.24) is 9.78 Å². The molecule has 0 bridgehead atoms. The molecule has 0 aliphatic rings. The highest BCUT2D eigenvalue weighted by Crippen LogP contribution is 2.25. The largest absolute Gasteiger partial charge is 0.507 e. The third-order valence-corrected chi connectivity index (χ3v) is 3.83. The van der Waals surface area contributed by atoms with Crippen LogP contribution in [0.1, 0.15) is 11.1 Å². The van der Waals surface area contributed by atoms with Crippen LogP contribution in [0, 0.1) is 11.6 Å². The summed E-state index contributed by atoms with van der Waals surface area (Å²) in [6.07, 6.45) is 2.86. The van der Waals surface area contributed by atoms with Crippen molar-refractivity contribution in [3.05, 3.63) is 76.0 Å². The van der Waals surface area contributed by atoms with Crippen molar-refractivity contribution >= 4 is 21.6 Å². The molecule has 0 unspecified atom stereocenters. The number of nitrogens with zero attached hydrogens (tertiary/aromatic N) is 3. The molecule has 3 aromatic rings. The molecule has 0 amide bonds. The molecule has 1 aromatic heterocycles. The van der Waals surface area contributed by atoms with E-state index in [-0.39, 0.29) is 17.0 Å². The maximum Gasteiger partial charge on any atom is 0.160 e. The minimum absolute atomic E-state index is 0.0772. The van der Waals surface area contributed by atoms with E-state index in [0.717, 1.165) is 12.1 Å². The normalized spacial score (nSPS) is 11.7. The molecule has 8 heteroatoms. The lowest BCUT2D eigenvalue weighted by Crippen LogP contribution is -2.03. The van der Waals surface area contributed by atoms with Gasteiger partial charge in [-0.1, -0.05) is 21.1 Å². The highest BCUT2D eigenvalue weighted by molar-refractivity contribution is 9.10. The van der Waals surface area contributed by atoms with Crippen LogP contribution < -0.4 is 0 Å². The highest BCUT2D eigenvalue weighted by Gasteiger charge is 2.16. The fourth-order valence-corrected chi connectivity index (χ4v) is 2.54. The van der Waals surface area contributed by atoms with Crippen LogP contribution in [0.5, 0.6) is 5.75 Å². The maximum atomic E-state index is 13.3. The number of phenolic OH excluding ortho intramolecular Hbond substituents is 1. The molecule has 0 spiro atoms. The van der Waals surface area contributed by atoms with E-state index < -0.39 is 11.6 Å². The van der Waals surface area contributed by atoms with E-state index in [9.17, 15) is 19.1 Å². The highest BCUT2D eigenvalue weighted by atomic mass is 79.9. The van der Waals surface area contributed by atoms with Crippen LogP contribution in [-0.4, -0.2) is 25.8 Å². The quantitative estimate of drug-likeness (QED) is 0.403. The Balaban J connectivity index is 2.02. The Morgan fingerprint density at radius 2 is 1.92 bits per heavy atom. The lowest BCUT2D eigenvalue weighted by Gasteiger charge is -2.06. The van der Waals surface area contributed by atoms with Gasteiger partial charge in [0.1, 0.15) is 11.5 Å². The Hall–Kier alpha value is -2.74. The number of halogens is 3. The molecule has 0 radical (unpaired) electrons. The zero-order valence-electron chi connectivity index (χ0n) is 12.0. The van der Waals surface area contributed by atoms with Gasteiger partial charge in [0.15, 0.2) is 11.6 Å². The smallest absolute Gasteiger partial charge is 0.160 e. The predicted octanol–water partition coefficient (Wildman–Crippen LogP) is 3.85. The van der Waals surface area contributed by atoms with Crippen LogP contribution in [0.3, 0.4) is 0 Å². The molecule has 0 atom stereocenters. The van der Waals surface area contributed by atoms with Crippen LogP contribution in [-0.2, 0) is 0 Å². The number of aromatic nitrogens is 2. The maximum absolute atomic E-state index is 13.3. The van der Waals surface area contributed by atoms with Crippen LogP contribution in [0.4, 0.5) is 8.78 Å². The first kappa shape index (κ1) is 16.1. The summed E-state index contributed by atoms with van der Waals surface area (Å²) in [6.45, 7) is 0. The second kappa shape index (κ2) is 6.40. The molecule has 2 aromatic carbocycles. The minimum Gasteiger partial charge on any atom is -0.507 e. The van der Waals surface area contributed by atoms with E-state index in [1.807, 2.05) is 0 Å². The first-order valence-electron chi connectivity index (χ1n) is 6.71.